The van der Waals surface area contributed by atoms with Gasteiger partial charge in [0.05, 0.1) is 23.4 Å². The second-order valence-corrected chi connectivity index (χ2v) is 6.62. The van der Waals surface area contributed by atoms with E-state index in [9.17, 15) is 5.11 Å². The van der Waals surface area contributed by atoms with E-state index in [0.29, 0.717) is 31.9 Å². The van der Waals surface area contributed by atoms with Crippen LogP contribution in [0, 0.1) is 0 Å². The third kappa shape index (κ3) is 3.23. The fourth-order valence-corrected chi connectivity index (χ4v) is 3.66. The fourth-order valence-electron chi connectivity index (χ4n) is 3.66. The average Bonchev–Trinajstić information content (AvgIpc) is 2.87. The van der Waals surface area contributed by atoms with Gasteiger partial charge in [0.25, 0.3) is 0 Å². The van der Waals surface area contributed by atoms with Gasteiger partial charge in [0, 0.05) is 25.6 Å². The maximum absolute atomic E-state index is 10.7. The molecule has 3 rings (SSSR count). The summed E-state index contributed by atoms with van der Waals surface area (Å²) in [5, 5.41) is 15.4. The minimum atomic E-state index is -0.636. The molecule has 0 bridgehead atoms. The first-order valence-corrected chi connectivity index (χ1v) is 8.03. The molecule has 1 aromatic rings. The second-order valence-electron chi connectivity index (χ2n) is 6.62. The molecule has 1 saturated carbocycles. The third-order valence-electron chi connectivity index (χ3n) is 4.76. The lowest BCUT2D eigenvalue weighted by atomic mass is 9.87. The molecule has 1 N–H and O–H groups in total. The molecule has 1 saturated heterocycles. The Balaban J connectivity index is 1.64. The van der Waals surface area contributed by atoms with Crippen molar-refractivity contribution >= 4 is 0 Å². The number of rotatable bonds is 3. The zero-order valence-electron chi connectivity index (χ0n) is 12.4. The van der Waals surface area contributed by atoms with Crippen molar-refractivity contribution < 1.29 is 9.84 Å². The van der Waals surface area contributed by atoms with Crippen LogP contribution in [0.25, 0.3) is 0 Å². The summed E-state index contributed by atoms with van der Waals surface area (Å²) in [7, 11) is 0. The van der Waals surface area contributed by atoms with E-state index in [1.54, 1.807) is 0 Å². The van der Waals surface area contributed by atoms with Crippen LogP contribution < -0.4 is 0 Å². The van der Waals surface area contributed by atoms with Crippen LogP contribution in [0.3, 0.4) is 0 Å². The predicted molar refractivity (Wildman–Crippen MR) is 77.7 cm³/mol. The van der Waals surface area contributed by atoms with Gasteiger partial charge in [-0.05, 0) is 32.3 Å². The van der Waals surface area contributed by atoms with E-state index in [-0.39, 0.29) is 6.10 Å². The number of ether oxygens (including phenoxy) is 1. The summed E-state index contributed by atoms with van der Waals surface area (Å²) in [4.78, 5) is 0. The number of hydrogen-bond donors (Lipinski definition) is 1. The number of aromatic nitrogens is 2. The van der Waals surface area contributed by atoms with Crippen molar-refractivity contribution in [1.82, 2.24) is 9.78 Å². The van der Waals surface area contributed by atoms with Crippen molar-refractivity contribution in [3.63, 3.8) is 0 Å². The topological polar surface area (TPSA) is 47.3 Å². The molecule has 4 heteroatoms. The van der Waals surface area contributed by atoms with E-state index in [1.807, 2.05) is 6.92 Å². The van der Waals surface area contributed by atoms with Gasteiger partial charge in [-0.15, -0.1) is 0 Å². The molecule has 112 valence electrons. The SMILES string of the molecule is CC1CC(O)(Cc2ccn(C3CCCCC3)n2)CCO1. The lowest BCUT2D eigenvalue weighted by Crippen LogP contribution is -2.41. The molecule has 2 fully saturated rings. The Labute approximate surface area is 121 Å². The van der Waals surface area contributed by atoms with Gasteiger partial charge in [-0.3, -0.25) is 4.68 Å². The first kappa shape index (κ1) is 14.1. The van der Waals surface area contributed by atoms with Crippen LogP contribution >= 0.6 is 0 Å². The van der Waals surface area contributed by atoms with Gasteiger partial charge in [0.2, 0.25) is 0 Å². The highest BCUT2D eigenvalue weighted by Gasteiger charge is 2.34. The number of aliphatic hydroxyl groups is 1. The Morgan fingerprint density at radius 3 is 2.95 bits per heavy atom. The highest BCUT2D eigenvalue weighted by atomic mass is 16.5. The van der Waals surface area contributed by atoms with Crippen LogP contribution in [-0.4, -0.2) is 33.2 Å². The molecule has 1 aromatic heterocycles. The normalized spacial score (nSPS) is 32.4. The van der Waals surface area contributed by atoms with E-state index in [2.05, 4.69) is 16.9 Å². The summed E-state index contributed by atoms with van der Waals surface area (Å²) in [6.07, 6.45) is 10.8. The van der Waals surface area contributed by atoms with E-state index in [1.165, 1.54) is 32.1 Å². The molecule has 2 atom stereocenters. The smallest absolute Gasteiger partial charge is 0.0750 e. The summed E-state index contributed by atoms with van der Waals surface area (Å²) >= 11 is 0. The summed E-state index contributed by atoms with van der Waals surface area (Å²) in [5.41, 5.74) is 0.385. The maximum Gasteiger partial charge on any atom is 0.0750 e. The van der Waals surface area contributed by atoms with Crippen LogP contribution in [0.15, 0.2) is 12.3 Å². The fraction of sp³-hybridized carbons (Fsp3) is 0.812. The van der Waals surface area contributed by atoms with Crippen LogP contribution in [0.5, 0.6) is 0 Å². The summed E-state index contributed by atoms with van der Waals surface area (Å²) in [5.74, 6) is 0. The molecule has 0 aromatic carbocycles. The van der Waals surface area contributed by atoms with Crippen molar-refractivity contribution in [2.24, 2.45) is 0 Å². The van der Waals surface area contributed by atoms with E-state index < -0.39 is 5.60 Å². The lowest BCUT2D eigenvalue weighted by molar-refractivity contribution is -0.0965. The Bertz CT molecular complexity index is 439. The van der Waals surface area contributed by atoms with Crippen LogP contribution in [0.4, 0.5) is 0 Å². The highest BCUT2D eigenvalue weighted by molar-refractivity contribution is 5.06. The first-order chi connectivity index (χ1) is 9.65. The summed E-state index contributed by atoms with van der Waals surface area (Å²) < 4.78 is 7.65. The molecule has 1 aliphatic heterocycles. The molecule has 1 aliphatic carbocycles. The van der Waals surface area contributed by atoms with Crippen molar-refractivity contribution in [2.45, 2.75) is 76.0 Å². The molecule has 4 nitrogen and oxygen atoms in total. The molecule has 2 aliphatic rings. The van der Waals surface area contributed by atoms with Gasteiger partial charge in [-0.25, -0.2) is 0 Å². The minimum Gasteiger partial charge on any atom is -0.389 e. The van der Waals surface area contributed by atoms with Crippen LogP contribution in [0.1, 0.15) is 63.6 Å². The Morgan fingerprint density at radius 2 is 2.20 bits per heavy atom. The molecule has 0 spiro atoms. The van der Waals surface area contributed by atoms with E-state index in [4.69, 9.17) is 9.84 Å². The molecule has 20 heavy (non-hydrogen) atoms. The van der Waals surface area contributed by atoms with Gasteiger partial charge in [0.15, 0.2) is 0 Å². The highest BCUT2D eigenvalue weighted by Crippen LogP contribution is 2.30. The molecule has 0 amide bonds. The quantitative estimate of drug-likeness (QED) is 0.925. The van der Waals surface area contributed by atoms with Gasteiger partial charge in [0.1, 0.15) is 0 Å². The van der Waals surface area contributed by atoms with Crippen molar-refractivity contribution in [3.05, 3.63) is 18.0 Å². The average molecular weight is 278 g/mol. The van der Waals surface area contributed by atoms with Gasteiger partial charge in [-0.1, -0.05) is 19.3 Å². The van der Waals surface area contributed by atoms with Gasteiger partial charge < -0.3 is 9.84 Å². The van der Waals surface area contributed by atoms with Crippen LogP contribution in [0.2, 0.25) is 0 Å². The predicted octanol–water partition coefficient (Wildman–Crippen LogP) is 2.86. The molecule has 0 radical (unpaired) electrons. The maximum atomic E-state index is 10.7. The Morgan fingerprint density at radius 1 is 1.40 bits per heavy atom. The Kier molecular flexibility index (Phi) is 4.13. The molecular formula is C16H26N2O2. The van der Waals surface area contributed by atoms with Crippen LogP contribution in [-0.2, 0) is 11.2 Å². The van der Waals surface area contributed by atoms with E-state index >= 15 is 0 Å². The third-order valence-corrected chi connectivity index (χ3v) is 4.76. The Hall–Kier alpha value is -0.870. The minimum absolute atomic E-state index is 0.147. The number of nitrogens with zero attached hydrogens (tertiary/aromatic N) is 2. The monoisotopic (exact) mass is 278 g/mol. The van der Waals surface area contributed by atoms with Crippen molar-refractivity contribution in [2.75, 3.05) is 6.61 Å². The first-order valence-electron chi connectivity index (χ1n) is 8.03. The summed E-state index contributed by atoms with van der Waals surface area (Å²) in [6, 6.07) is 2.65. The van der Waals surface area contributed by atoms with Crippen molar-refractivity contribution in [1.29, 1.82) is 0 Å². The molecule has 2 heterocycles. The number of hydrogen-bond acceptors (Lipinski definition) is 3. The molecular weight excluding hydrogens is 252 g/mol. The summed E-state index contributed by atoms with van der Waals surface area (Å²) in [6.45, 7) is 2.69. The molecule has 2 unspecified atom stereocenters. The standard InChI is InChI=1S/C16H26N2O2/c1-13-11-16(19,8-10-20-13)12-14-7-9-18(17-14)15-5-3-2-4-6-15/h7,9,13,15,19H,2-6,8,10-12H2,1H3. The van der Waals surface area contributed by atoms with Crippen molar-refractivity contribution in [3.8, 4) is 0 Å². The second kappa shape index (κ2) is 5.86. The zero-order chi connectivity index (χ0) is 14.0. The largest absolute Gasteiger partial charge is 0.389 e. The van der Waals surface area contributed by atoms with E-state index in [0.717, 1.165) is 5.69 Å². The van der Waals surface area contributed by atoms with Gasteiger partial charge >= 0.3 is 0 Å². The lowest BCUT2D eigenvalue weighted by Gasteiger charge is -2.35. The van der Waals surface area contributed by atoms with Gasteiger partial charge in [-0.2, -0.15) is 5.10 Å². The zero-order valence-corrected chi connectivity index (χ0v) is 12.4.